The highest BCUT2D eigenvalue weighted by Crippen LogP contribution is 2.26. The fraction of sp³-hybridized carbons (Fsp3) is 0.846. The first kappa shape index (κ1) is 13.3. The molecule has 2 aliphatic heterocycles. The molecule has 4 atom stereocenters. The van der Waals surface area contributed by atoms with Crippen LogP contribution in [0.2, 0.25) is 0 Å². The van der Waals surface area contributed by atoms with Crippen LogP contribution in [0.15, 0.2) is 0 Å². The summed E-state index contributed by atoms with van der Waals surface area (Å²) in [6.07, 6.45) is 2.54. The molecule has 2 heterocycles. The Morgan fingerprint density at radius 3 is 2.56 bits per heavy atom. The fourth-order valence-electron chi connectivity index (χ4n) is 3.08. The van der Waals surface area contributed by atoms with Crippen LogP contribution in [-0.2, 0) is 9.59 Å². The molecule has 0 aromatic carbocycles. The third kappa shape index (κ3) is 2.51. The van der Waals surface area contributed by atoms with Gasteiger partial charge in [-0.25, -0.2) is 0 Å². The van der Waals surface area contributed by atoms with Gasteiger partial charge in [0.15, 0.2) is 0 Å². The molecule has 0 aromatic heterocycles. The molecule has 1 amide bonds. The highest BCUT2D eigenvalue weighted by Gasteiger charge is 2.40. The van der Waals surface area contributed by atoms with Gasteiger partial charge >= 0.3 is 5.97 Å². The van der Waals surface area contributed by atoms with Crippen LogP contribution in [0.1, 0.15) is 33.1 Å². The Hall–Kier alpha value is -1.10. The maximum absolute atomic E-state index is 12.4. The lowest BCUT2D eigenvalue weighted by Gasteiger charge is -2.32. The molecule has 0 aromatic rings. The zero-order chi connectivity index (χ0) is 13.3. The third-order valence-corrected chi connectivity index (χ3v) is 4.32. The molecule has 2 N–H and O–H groups in total. The van der Waals surface area contributed by atoms with E-state index in [1.165, 1.54) is 0 Å². The van der Waals surface area contributed by atoms with Gasteiger partial charge in [-0.2, -0.15) is 0 Å². The number of amides is 1. The van der Waals surface area contributed by atoms with Gasteiger partial charge in [0.2, 0.25) is 5.91 Å². The molecule has 0 saturated carbocycles. The van der Waals surface area contributed by atoms with Gasteiger partial charge in [0.1, 0.15) is 0 Å². The molecule has 2 aliphatic rings. The fourth-order valence-corrected chi connectivity index (χ4v) is 3.08. The van der Waals surface area contributed by atoms with Crippen molar-refractivity contribution in [1.29, 1.82) is 0 Å². The Morgan fingerprint density at radius 1 is 1.28 bits per heavy atom. The quantitative estimate of drug-likeness (QED) is 0.761. The lowest BCUT2D eigenvalue weighted by Crippen LogP contribution is -2.51. The monoisotopic (exact) mass is 254 g/mol. The minimum Gasteiger partial charge on any atom is -0.481 e. The second-order valence-electron chi connectivity index (χ2n) is 5.64. The van der Waals surface area contributed by atoms with E-state index in [0.717, 1.165) is 19.4 Å². The summed E-state index contributed by atoms with van der Waals surface area (Å²) < 4.78 is 0. The Labute approximate surface area is 108 Å². The molecule has 5 heteroatoms. The Bertz CT molecular complexity index is 345. The number of carbonyl (C=O) groups is 2. The third-order valence-electron chi connectivity index (χ3n) is 4.32. The van der Waals surface area contributed by atoms with Gasteiger partial charge in [-0.15, -0.1) is 0 Å². The molecular weight excluding hydrogens is 232 g/mol. The van der Waals surface area contributed by atoms with Crippen molar-refractivity contribution in [2.45, 2.75) is 45.2 Å². The Morgan fingerprint density at radius 2 is 2.00 bits per heavy atom. The highest BCUT2D eigenvalue weighted by atomic mass is 16.4. The predicted molar refractivity (Wildman–Crippen MR) is 67.1 cm³/mol. The van der Waals surface area contributed by atoms with Crippen molar-refractivity contribution in [2.75, 3.05) is 13.1 Å². The molecule has 2 rings (SSSR count). The zero-order valence-corrected chi connectivity index (χ0v) is 11.1. The molecule has 102 valence electrons. The maximum atomic E-state index is 12.4. The molecule has 2 fully saturated rings. The first-order chi connectivity index (χ1) is 8.50. The smallest absolute Gasteiger partial charge is 0.308 e. The first-order valence-corrected chi connectivity index (χ1v) is 6.77. The van der Waals surface area contributed by atoms with Crippen molar-refractivity contribution >= 4 is 11.9 Å². The summed E-state index contributed by atoms with van der Waals surface area (Å²) in [5, 5.41) is 12.3. The van der Waals surface area contributed by atoms with E-state index in [0.29, 0.717) is 18.9 Å². The number of nitrogens with zero attached hydrogens (tertiary/aromatic N) is 1. The maximum Gasteiger partial charge on any atom is 0.308 e. The summed E-state index contributed by atoms with van der Waals surface area (Å²) in [5.41, 5.74) is 0. The lowest BCUT2D eigenvalue weighted by molar-refractivity contribution is -0.143. The summed E-state index contributed by atoms with van der Waals surface area (Å²) in [6.45, 7) is 5.45. The van der Waals surface area contributed by atoms with E-state index in [1.807, 2.05) is 6.92 Å². The van der Waals surface area contributed by atoms with Gasteiger partial charge in [-0.1, -0.05) is 6.92 Å². The summed E-state index contributed by atoms with van der Waals surface area (Å²) in [6, 6.07) is -0.308. The molecule has 0 spiro atoms. The van der Waals surface area contributed by atoms with Gasteiger partial charge in [0.05, 0.1) is 12.0 Å². The number of hydrogen-bond donors (Lipinski definition) is 2. The summed E-state index contributed by atoms with van der Waals surface area (Å²) >= 11 is 0. The molecule has 5 nitrogen and oxygen atoms in total. The number of likely N-dealkylation sites (tertiary alicyclic amines) is 1. The largest absolute Gasteiger partial charge is 0.481 e. The van der Waals surface area contributed by atoms with Crippen LogP contribution in [0.25, 0.3) is 0 Å². The number of hydrogen-bond acceptors (Lipinski definition) is 3. The summed E-state index contributed by atoms with van der Waals surface area (Å²) in [4.78, 5) is 25.2. The second kappa shape index (κ2) is 5.26. The average molecular weight is 254 g/mol. The van der Waals surface area contributed by atoms with Gasteiger partial charge in [0, 0.05) is 12.6 Å². The van der Waals surface area contributed by atoms with Gasteiger partial charge in [0.25, 0.3) is 0 Å². The van der Waals surface area contributed by atoms with Gasteiger partial charge in [-0.3, -0.25) is 9.59 Å². The van der Waals surface area contributed by atoms with Crippen LogP contribution < -0.4 is 5.32 Å². The van der Waals surface area contributed by atoms with E-state index in [-0.39, 0.29) is 18.0 Å². The van der Waals surface area contributed by atoms with Crippen LogP contribution >= 0.6 is 0 Å². The number of carboxylic acids is 1. The minimum atomic E-state index is -0.789. The van der Waals surface area contributed by atoms with E-state index < -0.39 is 11.9 Å². The number of rotatable bonds is 2. The number of nitrogens with one attached hydrogen (secondary N) is 1. The minimum absolute atomic E-state index is 0.0813. The normalized spacial score (nSPS) is 36.7. The van der Waals surface area contributed by atoms with Gasteiger partial charge in [-0.05, 0) is 38.6 Å². The Kier molecular flexibility index (Phi) is 3.90. The molecule has 2 saturated heterocycles. The van der Waals surface area contributed by atoms with E-state index in [2.05, 4.69) is 12.2 Å². The van der Waals surface area contributed by atoms with E-state index in [4.69, 9.17) is 5.11 Å². The van der Waals surface area contributed by atoms with E-state index in [9.17, 15) is 9.59 Å². The van der Waals surface area contributed by atoms with Crippen molar-refractivity contribution in [2.24, 2.45) is 11.8 Å². The lowest BCUT2D eigenvalue weighted by atomic mass is 9.93. The Balaban J connectivity index is 1.99. The topological polar surface area (TPSA) is 69.6 Å². The summed E-state index contributed by atoms with van der Waals surface area (Å²) in [7, 11) is 0. The number of piperidine rings is 1. The van der Waals surface area contributed by atoms with Crippen LogP contribution in [0.3, 0.4) is 0 Å². The van der Waals surface area contributed by atoms with Crippen molar-refractivity contribution in [1.82, 2.24) is 10.2 Å². The van der Waals surface area contributed by atoms with Crippen molar-refractivity contribution in [3.8, 4) is 0 Å². The molecule has 0 bridgehead atoms. The molecule has 18 heavy (non-hydrogen) atoms. The first-order valence-electron chi connectivity index (χ1n) is 6.77. The molecule has 0 radical (unpaired) electrons. The van der Waals surface area contributed by atoms with Crippen LogP contribution in [-0.4, -0.2) is 47.1 Å². The second-order valence-corrected chi connectivity index (χ2v) is 5.64. The van der Waals surface area contributed by atoms with Crippen LogP contribution in [0.5, 0.6) is 0 Å². The van der Waals surface area contributed by atoms with Gasteiger partial charge < -0.3 is 15.3 Å². The SMILES string of the molecule is CC1CCNC(C(=O)N2CCC(C(=O)O)C2C)C1. The molecule has 0 aliphatic carbocycles. The predicted octanol–water partition coefficient (Wildman–Crippen LogP) is 0.696. The summed E-state index contributed by atoms with van der Waals surface area (Å²) in [5.74, 6) is -0.552. The van der Waals surface area contributed by atoms with Crippen molar-refractivity contribution < 1.29 is 14.7 Å². The van der Waals surface area contributed by atoms with E-state index >= 15 is 0 Å². The average Bonchev–Trinajstić information content (AvgIpc) is 2.70. The number of carbonyl (C=O) groups excluding carboxylic acids is 1. The van der Waals surface area contributed by atoms with Crippen molar-refractivity contribution in [3.05, 3.63) is 0 Å². The zero-order valence-electron chi connectivity index (χ0n) is 11.1. The van der Waals surface area contributed by atoms with Crippen molar-refractivity contribution in [3.63, 3.8) is 0 Å². The van der Waals surface area contributed by atoms with Crippen LogP contribution in [0.4, 0.5) is 0 Å². The highest BCUT2D eigenvalue weighted by molar-refractivity contribution is 5.84. The standard InChI is InChI=1S/C13H22N2O3/c1-8-3-5-14-11(7-8)12(16)15-6-4-10(9(15)2)13(17)18/h8-11,14H,3-7H2,1-2H3,(H,17,18). The van der Waals surface area contributed by atoms with Crippen LogP contribution in [0, 0.1) is 11.8 Å². The number of aliphatic carboxylic acids is 1. The number of carboxylic acid groups (broad SMARTS) is 1. The molecule has 4 unspecified atom stereocenters. The molecular formula is C13H22N2O3. The van der Waals surface area contributed by atoms with E-state index in [1.54, 1.807) is 4.90 Å².